The van der Waals surface area contributed by atoms with Crippen LogP contribution < -0.4 is 4.74 Å². The van der Waals surface area contributed by atoms with Crippen molar-refractivity contribution in [2.45, 2.75) is 6.92 Å². The first-order valence-corrected chi connectivity index (χ1v) is 3.69. The van der Waals surface area contributed by atoms with Crippen LogP contribution in [0.5, 0.6) is 5.75 Å². The number of halogens is 2. The summed E-state index contributed by atoms with van der Waals surface area (Å²) in [5.41, 5.74) is 0. The van der Waals surface area contributed by atoms with Crippen LogP contribution in [0, 0.1) is 5.82 Å². The van der Waals surface area contributed by atoms with Gasteiger partial charge >= 0.3 is 0 Å². The van der Waals surface area contributed by atoms with Crippen molar-refractivity contribution in [1.82, 2.24) is 0 Å². The van der Waals surface area contributed by atoms with E-state index in [1.165, 1.54) is 12.1 Å². The van der Waals surface area contributed by atoms with Crippen molar-refractivity contribution >= 4 is 11.6 Å². The second-order valence-corrected chi connectivity index (χ2v) is 2.42. The molecular formula is C8H8ClFO. The predicted octanol–water partition coefficient (Wildman–Crippen LogP) is 2.88. The monoisotopic (exact) mass is 174 g/mol. The molecule has 0 saturated carbocycles. The molecule has 0 fully saturated rings. The zero-order valence-corrected chi connectivity index (χ0v) is 6.86. The Hall–Kier alpha value is -0.760. The van der Waals surface area contributed by atoms with Gasteiger partial charge in [-0.3, -0.25) is 0 Å². The molecule has 0 aliphatic heterocycles. The molecule has 1 nitrogen and oxygen atoms in total. The molecule has 3 heteroatoms. The molecule has 0 spiro atoms. The Morgan fingerprint density at radius 1 is 1.55 bits per heavy atom. The molecule has 0 radical (unpaired) electrons. The molecule has 0 bridgehead atoms. The highest BCUT2D eigenvalue weighted by Crippen LogP contribution is 2.19. The van der Waals surface area contributed by atoms with Crippen LogP contribution in [-0.2, 0) is 0 Å². The average molecular weight is 175 g/mol. The maximum absolute atomic E-state index is 12.7. The first-order chi connectivity index (χ1) is 5.24. The molecule has 0 N–H and O–H groups in total. The second-order valence-electron chi connectivity index (χ2n) is 2.01. The fourth-order valence-corrected chi connectivity index (χ4v) is 0.851. The van der Waals surface area contributed by atoms with Gasteiger partial charge in [-0.05, 0) is 19.1 Å². The second kappa shape index (κ2) is 3.58. The zero-order chi connectivity index (χ0) is 8.27. The highest BCUT2D eigenvalue weighted by molar-refractivity contribution is 6.30. The van der Waals surface area contributed by atoms with Crippen LogP contribution in [-0.4, -0.2) is 6.61 Å². The number of hydrogen-bond donors (Lipinski definition) is 0. The van der Waals surface area contributed by atoms with E-state index in [0.717, 1.165) is 0 Å². The Balaban J connectivity index is 2.86. The summed E-state index contributed by atoms with van der Waals surface area (Å²) in [6.45, 7) is 2.37. The van der Waals surface area contributed by atoms with Gasteiger partial charge in [0.15, 0.2) is 0 Å². The Kier molecular flexibility index (Phi) is 2.71. The normalized spacial score (nSPS) is 9.73. The van der Waals surface area contributed by atoms with Crippen LogP contribution >= 0.6 is 11.6 Å². The molecule has 0 aliphatic rings. The minimum absolute atomic E-state index is 0.119. The number of hydrogen-bond acceptors (Lipinski definition) is 1. The number of rotatable bonds is 2. The first kappa shape index (κ1) is 8.34. The zero-order valence-electron chi connectivity index (χ0n) is 6.10. The van der Waals surface area contributed by atoms with Crippen LogP contribution in [0.15, 0.2) is 18.2 Å². The predicted molar refractivity (Wildman–Crippen MR) is 42.6 cm³/mol. The van der Waals surface area contributed by atoms with Crippen molar-refractivity contribution in [3.05, 3.63) is 29.0 Å². The molecule has 0 aromatic heterocycles. The number of benzene rings is 1. The van der Waals surface area contributed by atoms with Gasteiger partial charge in [-0.2, -0.15) is 0 Å². The molecule has 1 aromatic rings. The van der Waals surface area contributed by atoms with E-state index in [1.54, 1.807) is 6.07 Å². The van der Waals surface area contributed by atoms with Crippen molar-refractivity contribution < 1.29 is 9.13 Å². The Morgan fingerprint density at radius 3 is 2.82 bits per heavy atom. The average Bonchev–Trinajstić information content (AvgIpc) is 1.98. The fourth-order valence-electron chi connectivity index (χ4n) is 0.733. The van der Waals surface area contributed by atoms with E-state index in [0.29, 0.717) is 12.4 Å². The Labute approximate surface area is 69.7 Å². The summed E-state index contributed by atoms with van der Waals surface area (Å²) in [7, 11) is 0. The minimum Gasteiger partial charge on any atom is -0.494 e. The van der Waals surface area contributed by atoms with Gasteiger partial charge < -0.3 is 4.74 Å². The van der Waals surface area contributed by atoms with Crippen LogP contribution in [0.25, 0.3) is 0 Å². The lowest BCUT2D eigenvalue weighted by atomic mass is 10.3. The topological polar surface area (TPSA) is 9.23 Å². The third kappa shape index (κ3) is 2.09. The van der Waals surface area contributed by atoms with Crippen molar-refractivity contribution in [2.24, 2.45) is 0 Å². The Morgan fingerprint density at radius 2 is 2.27 bits per heavy atom. The third-order valence-electron chi connectivity index (χ3n) is 1.20. The van der Waals surface area contributed by atoms with E-state index in [1.807, 2.05) is 6.92 Å². The fraction of sp³-hybridized carbons (Fsp3) is 0.250. The van der Waals surface area contributed by atoms with Crippen LogP contribution in [0.3, 0.4) is 0 Å². The Bertz CT molecular complexity index is 250. The summed E-state index contributed by atoms with van der Waals surface area (Å²) >= 11 is 5.45. The molecule has 11 heavy (non-hydrogen) atoms. The first-order valence-electron chi connectivity index (χ1n) is 3.32. The van der Waals surface area contributed by atoms with E-state index >= 15 is 0 Å². The third-order valence-corrected chi connectivity index (χ3v) is 1.51. The van der Waals surface area contributed by atoms with Gasteiger partial charge in [0.05, 0.1) is 11.6 Å². The van der Waals surface area contributed by atoms with Crippen LogP contribution in [0.2, 0.25) is 5.02 Å². The minimum atomic E-state index is -0.447. The molecule has 0 unspecified atom stereocenters. The van der Waals surface area contributed by atoms with Gasteiger partial charge in [0.2, 0.25) is 0 Å². The van der Waals surface area contributed by atoms with Gasteiger partial charge in [-0.15, -0.1) is 0 Å². The van der Waals surface area contributed by atoms with Crippen molar-refractivity contribution in [2.75, 3.05) is 6.61 Å². The smallest absolute Gasteiger partial charge is 0.145 e. The highest BCUT2D eigenvalue weighted by atomic mass is 35.5. The molecule has 0 aliphatic carbocycles. The highest BCUT2D eigenvalue weighted by Gasteiger charge is 1.99. The quantitative estimate of drug-likeness (QED) is 0.670. The van der Waals surface area contributed by atoms with Gasteiger partial charge in [-0.25, -0.2) is 4.39 Å². The van der Waals surface area contributed by atoms with Gasteiger partial charge in [0.25, 0.3) is 0 Å². The molecule has 0 saturated heterocycles. The summed E-state index contributed by atoms with van der Waals surface area (Å²) in [5.74, 6) is 0.0621. The largest absolute Gasteiger partial charge is 0.494 e. The summed E-state index contributed by atoms with van der Waals surface area (Å²) in [6, 6.07) is 4.38. The van der Waals surface area contributed by atoms with E-state index < -0.39 is 5.82 Å². The summed E-state index contributed by atoms with van der Waals surface area (Å²) in [5, 5.41) is 0.119. The summed E-state index contributed by atoms with van der Waals surface area (Å²) < 4.78 is 17.7. The van der Waals surface area contributed by atoms with Crippen molar-refractivity contribution in [3.8, 4) is 5.75 Å². The van der Waals surface area contributed by atoms with Crippen LogP contribution in [0.4, 0.5) is 4.39 Å². The van der Waals surface area contributed by atoms with Crippen LogP contribution in [0.1, 0.15) is 6.92 Å². The maximum atomic E-state index is 12.7. The maximum Gasteiger partial charge on any atom is 0.145 e. The SMILES string of the molecule is CCOc1ccc(Cl)c(F)c1. The van der Waals surface area contributed by atoms with Crippen molar-refractivity contribution in [1.29, 1.82) is 0 Å². The molecule has 1 rings (SSSR count). The van der Waals surface area contributed by atoms with E-state index in [2.05, 4.69) is 0 Å². The summed E-state index contributed by atoms with van der Waals surface area (Å²) in [6.07, 6.45) is 0. The number of ether oxygens (including phenoxy) is 1. The lowest BCUT2D eigenvalue weighted by molar-refractivity contribution is 0.338. The van der Waals surface area contributed by atoms with Crippen molar-refractivity contribution in [3.63, 3.8) is 0 Å². The molecule has 0 heterocycles. The molecular weight excluding hydrogens is 167 g/mol. The van der Waals surface area contributed by atoms with Gasteiger partial charge in [0.1, 0.15) is 11.6 Å². The molecule has 0 amide bonds. The lowest BCUT2D eigenvalue weighted by Gasteiger charge is -2.02. The van der Waals surface area contributed by atoms with Gasteiger partial charge in [0, 0.05) is 6.07 Å². The van der Waals surface area contributed by atoms with E-state index in [9.17, 15) is 4.39 Å². The lowest BCUT2D eigenvalue weighted by Crippen LogP contribution is -1.91. The molecule has 1 aromatic carbocycles. The van der Waals surface area contributed by atoms with E-state index in [4.69, 9.17) is 16.3 Å². The molecule has 60 valence electrons. The van der Waals surface area contributed by atoms with E-state index in [-0.39, 0.29) is 5.02 Å². The standard InChI is InChI=1S/C8H8ClFO/c1-2-11-6-3-4-7(9)8(10)5-6/h3-5H,2H2,1H3. The summed E-state index contributed by atoms with van der Waals surface area (Å²) in [4.78, 5) is 0. The van der Waals surface area contributed by atoms with Gasteiger partial charge in [-0.1, -0.05) is 11.6 Å². The molecule has 0 atom stereocenters.